The summed E-state index contributed by atoms with van der Waals surface area (Å²) >= 11 is 0. The molecule has 0 unspecified atom stereocenters. The van der Waals surface area contributed by atoms with Crippen LogP contribution >= 0.6 is 0 Å². The van der Waals surface area contributed by atoms with E-state index in [1.165, 1.54) is 11.0 Å². The van der Waals surface area contributed by atoms with E-state index in [0.29, 0.717) is 22.9 Å². The molecule has 26 heavy (non-hydrogen) atoms. The van der Waals surface area contributed by atoms with Crippen LogP contribution in [0, 0.1) is 5.92 Å². The Hall–Kier alpha value is -3.22. The van der Waals surface area contributed by atoms with Gasteiger partial charge in [0.15, 0.2) is 0 Å². The van der Waals surface area contributed by atoms with E-state index in [1.807, 2.05) is 23.1 Å². The third-order valence-corrected chi connectivity index (χ3v) is 4.78. The Morgan fingerprint density at radius 1 is 1.19 bits per heavy atom. The van der Waals surface area contributed by atoms with Gasteiger partial charge in [-0.3, -0.25) is 4.79 Å². The fraction of sp³-hybridized carbons (Fsp3) is 0.263. The van der Waals surface area contributed by atoms with Crippen LogP contribution in [0.25, 0.3) is 5.69 Å². The molecule has 7 heteroatoms. The number of ether oxygens (including phenoxy) is 1. The first-order valence-electron chi connectivity index (χ1n) is 8.46. The van der Waals surface area contributed by atoms with Gasteiger partial charge in [-0.2, -0.15) is 4.68 Å². The standard InChI is InChI=1S/C19H19N5O2/c1-13-11-23(18(13)14-6-4-3-5-7-14)19(25)15-8-9-17(26-2)16(10-15)24-12-20-21-22-24/h3-10,12-13,18H,11H2,1-2H3/t13-,18-/m1/s1. The Bertz CT molecular complexity index is 911. The van der Waals surface area contributed by atoms with E-state index < -0.39 is 0 Å². The summed E-state index contributed by atoms with van der Waals surface area (Å²) in [4.78, 5) is 15.0. The molecule has 0 radical (unpaired) electrons. The molecule has 1 aromatic heterocycles. The smallest absolute Gasteiger partial charge is 0.254 e. The molecule has 7 nitrogen and oxygen atoms in total. The number of tetrazole rings is 1. The maximum absolute atomic E-state index is 13.1. The predicted octanol–water partition coefficient (Wildman–Crippen LogP) is 2.50. The highest BCUT2D eigenvalue weighted by molar-refractivity contribution is 5.96. The summed E-state index contributed by atoms with van der Waals surface area (Å²) in [6, 6.07) is 15.6. The number of likely N-dealkylation sites (tertiary alicyclic amines) is 1. The highest BCUT2D eigenvalue weighted by atomic mass is 16.5. The molecule has 1 aliphatic rings. The number of benzene rings is 2. The quantitative estimate of drug-likeness (QED) is 0.724. The number of aromatic nitrogens is 4. The van der Waals surface area contributed by atoms with Gasteiger partial charge < -0.3 is 9.64 Å². The van der Waals surface area contributed by atoms with Gasteiger partial charge in [0, 0.05) is 12.1 Å². The molecule has 0 spiro atoms. The van der Waals surface area contributed by atoms with Crippen molar-refractivity contribution in [2.75, 3.05) is 13.7 Å². The largest absolute Gasteiger partial charge is 0.494 e. The minimum absolute atomic E-state index is 0.00562. The summed E-state index contributed by atoms with van der Waals surface area (Å²) in [5.41, 5.74) is 2.38. The first-order valence-corrected chi connectivity index (χ1v) is 8.46. The first-order chi connectivity index (χ1) is 12.7. The second-order valence-corrected chi connectivity index (χ2v) is 6.43. The number of hydrogen-bond donors (Lipinski definition) is 0. The van der Waals surface area contributed by atoms with Gasteiger partial charge >= 0.3 is 0 Å². The molecule has 4 rings (SSSR count). The molecule has 2 heterocycles. The number of amides is 1. The van der Waals surface area contributed by atoms with Gasteiger partial charge in [0.05, 0.1) is 13.2 Å². The SMILES string of the molecule is COc1ccc(C(=O)N2C[C@@H](C)[C@@H]2c2ccccc2)cc1-n1cnnn1. The predicted molar refractivity (Wildman–Crippen MR) is 95.1 cm³/mol. The van der Waals surface area contributed by atoms with Crippen molar-refractivity contribution in [1.29, 1.82) is 0 Å². The van der Waals surface area contributed by atoms with E-state index in [4.69, 9.17) is 4.74 Å². The highest BCUT2D eigenvalue weighted by Gasteiger charge is 2.40. The average Bonchev–Trinajstić information content (AvgIpc) is 3.20. The zero-order valence-electron chi connectivity index (χ0n) is 14.6. The number of carbonyl (C=O) groups is 1. The fourth-order valence-corrected chi connectivity index (χ4v) is 3.50. The van der Waals surface area contributed by atoms with Gasteiger partial charge in [0.1, 0.15) is 17.8 Å². The van der Waals surface area contributed by atoms with E-state index in [9.17, 15) is 4.79 Å². The molecule has 0 saturated carbocycles. The zero-order chi connectivity index (χ0) is 18.1. The van der Waals surface area contributed by atoms with E-state index >= 15 is 0 Å². The molecule has 2 aromatic carbocycles. The lowest BCUT2D eigenvalue weighted by Crippen LogP contribution is -2.51. The molecule has 132 valence electrons. The summed E-state index contributed by atoms with van der Waals surface area (Å²) < 4.78 is 6.86. The molecule has 1 amide bonds. The Labute approximate surface area is 151 Å². The normalized spacial score (nSPS) is 19.1. The van der Waals surface area contributed by atoms with Crippen LogP contribution in [0.15, 0.2) is 54.9 Å². The van der Waals surface area contributed by atoms with Crippen LogP contribution in [0.1, 0.15) is 28.9 Å². The summed E-state index contributed by atoms with van der Waals surface area (Å²) in [7, 11) is 1.58. The van der Waals surface area contributed by atoms with Crippen LogP contribution in [0.2, 0.25) is 0 Å². The van der Waals surface area contributed by atoms with Crippen molar-refractivity contribution >= 4 is 5.91 Å². The molecule has 1 aliphatic heterocycles. The zero-order valence-corrected chi connectivity index (χ0v) is 14.6. The lowest BCUT2D eigenvalue weighted by Gasteiger charge is -2.47. The van der Waals surface area contributed by atoms with Crippen LogP contribution in [-0.2, 0) is 0 Å². The third kappa shape index (κ3) is 2.71. The molecule has 1 saturated heterocycles. The van der Waals surface area contributed by atoms with E-state index in [1.54, 1.807) is 25.3 Å². The Kier molecular flexibility index (Phi) is 4.12. The van der Waals surface area contributed by atoms with Crippen molar-refractivity contribution < 1.29 is 9.53 Å². The van der Waals surface area contributed by atoms with Gasteiger partial charge in [0.25, 0.3) is 5.91 Å². The second kappa shape index (κ2) is 6.59. The molecule has 2 atom stereocenters. The monoisotopic (exact) mass is 349 g/mol. The number of nitrogens with zero attached hydrogens (tertiary/aromatic N) is 5. The Morgan fingerprint density at radius 2 is 2.00 bits per heavy atom. The van der Waals surface area contributed by atoms with Crippen molar-refractivity contribution in [3.05, 3.63) is 66.0 Å². The number of hydrogen-bond acceptors (Lipinski definition) is 5. The summed E-state index contributed by atoms with van der Waals surface area (Å²) in [6.07, 6.45) is 1.48. The van der Waals surface area contributed by atoms with Gasteiger partial charge in [0.2, 0.25) is 0 Å². The van der Waals surface area contributed by atoms with E-state index in [2.05, 4.69) is 34.6 Å². The van der Waals surface area contributed by atoms with E-state index in [0.717, 1.165) is 12.1 Å². The first kappa shape index (κ1) is 16.3. The van der Waals surface area contributed by atoms with Crippen LogP contribution in [0.4, 0.5) is 0 Å². The molecular weight excluding hydrogens is 330 g/mol. The molecular formula is C19H19N5O2. The molecule has 0 bridgehead atoms. The fourth-order valence-electron chi connectivity index (χ4n) is 3.50. The summed E-state index contributed by atoms with van der Waals surface area (Å²) in [6.45, 7) is 2.91. The van der Waals surface area contributed by atoms with Gasteiger partial charge in [-0.25, -0.2) is 0 Å². The van der Waals surface area contributed by atoms with Gasteiger partial charge in [-0.05, 0) is 40.1 Å². The third-order valence-electron chi connectivity index (χ3n) is 4.78. The Morgan fingerprint density at radius 3 is 2.65 bits per heavy atom. The van der Waals surface area contributed by atoms with Crippen LogP contribution in [-0.4, -0.2) is 44.7 Å². The van der Waals surface area contributed by atoms with Crippen molar-refractivity contribution in [2.24, 2.45) is 5.92 Å². The van der Waals surface area contributed by atoms with Gasteiger partial charge in [-0.15, -0.1) is 5.10 Å². The number of carbonyl (C=O) groups excluding carboxylic acids is 1. The van der Waals surface area contributed by atoms with Crippen molar-refractivity contribution in [2.45, 2.75) is 13.0 Å². The second-order valence-electron chi connectivity index (χ2n) is 6.43. The Balaban J connectivity index is 1.65. The number of rotatable bonds is 4. The maximum Gasteiger partial charge on any atom is 0.254 e. The average molecular weight is 349 g/mol. The lowest BCUT2D eigenvalue weighted by atomic mass is 9.84. The highest BCUT2D eigenvalue weighted by Crippen LogP contribution is 2.39. The summed E-state index contributed by atoms with van der Waals surface area (Å²) in [5.74, 6) is 1.03. The number of methoxy groups -OCH3 is 1. The maximum atomic E-state index is 13.1. The summed E-state index contributed by atoms with van der Waals surface area (Å²) in [5, 5.41) is 11.2. The van der Waals surface area contributed by atoms with Crippen molar-refractivity contribution in [1.82, 2.24) is 25.1 Å². The van der Waals surface area contributed by atoms with Crippen LogP contribution in [0.3, 0.4) is 0 Å². The van der Waals surface area contributed by atoms with Crippen LogP contribution in [0.5, 0.6) is 5.75 Å². The lowest BCUT2D eigenvalue weighted by molar-refractivity contribution is 0.0197. The molecule has 1 fully saturated rings. The molecule has 3 aromatic rings. The van der Waals surface area contributed by atoms with Crippen molar-refractivity contribution in [3.63, 3.8) is 0 Å². The topological polar surface area (TPSA) is 73.1 Å². The van der Waals surface area contributed by atoms with Crippen molar-refractivity contribution in [3.8, 4) is 11.4 Å². The molecule has 0 N–H and O–H groups in total. The van der Waals surface area contributed by atoms with Gasteiger partial charge in [-0.1, -0.05) is 37.3 Å². The van der Waals surface area contributed by atoms with Crippen LogP contribution < -0.4 is 4.74 Å². The minimum Gasteiger partial charge on any atom is -0.494 e. The molecule has 0 aliphatic carbocycles. The minimum atomic E-state index is -0.00562. The van der Waals surface area contributed by atoms with E-state index in [-0.39, 0.29) is 11.9 Å².